The molecule has 0 unspecified atom stereocenters. The third-order valence-corrected chi connectivity index (χ3v) is 2.72. The second-order valence-electron chi connectivity index (χ2n) is 4.08. The molecule has 94 valence electrons. The Morgan fingerprint density at radius 1 is 1.17 bits per heavy atom. The van der Waals surface area contributed by atoms with Gasteiger partial charge in [0.05, 0.1) is 5.56 Å². The van der Waals surface area contributed by atoms with Crippen LogP contribution in [0.4, 0.5) is 5.82 Å². The molecule has 1 heterocycles. The third kappa shape index (κ3) is 2.77. The van der Waals surface area contributed by atoms with Gasteiger partial charge in [-0.1, -0.05) is 37.3 Å². The van der Waals surface area contributed by atoms with Gasteiger partial charge in [-0.05, 0) is 12.5 Å². The normalized spacial score (nSPS) is 10.3. The summed E-state index contributed by atoms with van der Waals surface area (Å²) in [6, 6.07) is 9.97. The van der Waals surface area contributed by atoms with Gasteiger partial charge in [-0.15, -0.1) is 0 Å². The second kappa shape index (κ2) is 5.49. The van der Waals surface area contributed by atoms with Crippen LogP contribution in [0.1, 0.15) is 23.9 Å². The van der Waals surface area contributed by atoms with Crippen molar-refractivity contribution >= 4 is 5.82 Å². The number of nitrogen functional groups attached to an aromatic ring is 1. The van der Waals surface area contributed by atoms with Gasteiger partial charge in [-0.2, -0.15) is 4.98 Å². The van der Waals surface area contributed by atoms with Crippen LogP contribution in [0.5, 0.6) is 5.88 Å². The fourth-order valence-corrected chi connectivity index (χ4v) is 1.58. The van der Waals surface area contributed by atoms with Gasteiger partial charge < -0.3 is 10.5 Å². The van der Waals surface area contributed by atoms with Crippen molar-refractivity contribution < 1.29 is 4.74 Å². The lowest BCUT2D eigenvalue weighted by atomic mass is 10.2. The largest absolute Gasteiger partial charge is 0.472 e. The fourth-order valence-electron chi connectivity index (χ4n) is 1.58. The molecule has 0 aliphatic carbocycles. The van der Waals surface area contributed by atoms with E-state index in [1.165, 1.54) is 0 Å². The predicted molar refractivity (Wildman–Crippen MR) is 71.3 cm³/mol. The topological polar surface area (TPSA) is 61.0 Å². The van der Waals surface area contributed by atoms with E-state index in [0.717, 1.165) is 17.5 Å². The highest BCUT2D eigenvalue weighted by Crippen LogP contribution is 2.20. The maximum absolute atomic E-state index is 5.83. The lowest BCUT2D eigenvalue weighted by Crippen LogP contribution is -2.06. The number of ether oxygens (including phenoxy) is 1. The molecule has 0 aliphatic rings. The Morgan fingerprint density at radius 2 is 1.89 bits per heavy atom. The minimum Gasteiger partial charge on any atom is -0.472 e. The Balaban J connectivity index is 2.16. The number of aromatic nitrogens is 2. The fraction of sp³-hybridized carbons (Fsp3) is 0.286. The number of nitrogens with two attached hydrogens (primary N) is 1. The summed E-state index contributed by atoms with van der Waals surface area (Å²) in [5, 5.41) is 0. The molecule has 4 nitrogen and oxygen atoms in total. The summed E-state index contributed by atoms with van der Waals surface area (Å²) in [7, 11) is 0. The molecule has 18 heavy (non-hydrogen) atoms. The first-order chi connectivity index (χ1) is 8.70. The highest BCUT2D eigenvalue weighted by atomic mass is 16.5. The zero-order valence-corrected chi connectivity index (χ0v) is 10.7. The van der Waals surface area contributed by atoms with Gasteiger partial charge in [0.2, 0.25) is 5.88 Å². The Bertz CT molecular complexity index is 526. The van der Waals surface area contributed by atoms with Crippen molar-refractivity contribution in [3.8, 4) is 5.88 Å². The molecular weight excluding hydrogens is 226 g/mol. The predicted octanol–water partition coefficient (Wildman–Crippen LogP) is 2.51. The third-order valence-electron chi connectivity index (χ3n) is 2.72. The summed E-state index contributed by atoms with van der Waals surface area (Å²) in [6.07, 6.45) is 0.742. The number of hydrogen-bond donors (Lipinski definition) is 1. The molecule has 1 aromatic heterocycles. The standard InChI is InChI=1S/C14H17N3O/c1-3-12-16-13(15)10(2)14(17-12)18-9-11-7-5-4-6-8-11/h4-8H,3,9H2,1-2H3,(H2,15,16,17). The summed E-state index contributed by atoms with van der Waals surface area (Å²) >= 11 is 0. The second-order valence-corrected chi connectivity index (χ2v) is 4.08. The van der Waals surface area contributed by atoms with Crippen molar-refractivity contribution in [3.05, 3.63) is 47.3 Å². The van der Waals surface area contributed by atoms with Crippen LogP contribution < -0.4 is 10.5 Å². The van der Waals surface area contributed by atoms with Crippen LogP contribution in [0.2, 0.25) is 0 Å². The van der Waals surface area contributed by atoms with Crippen molar-refractivity contribution in [2.75, 3.05) is 5.73 Å². The van der Waals surface area contributed by atoms with Crippen molar-refractivity contribution in [3.63, 3.8) is 0 Å². The number of rotatable bonds is 4. The Labute approximate surface area is 107 Å². The maximum atomic E-state index is 5.83. The highest BCUT2D eigenvalue weighted by Gasteiger charge is 2.09. The van der Waals surface area contributed by atoms with Gasteiger partial charge in [0, 0.05) is 6.42 Å². The molecule has 0 aliphatic heterocycles. The molecule has 0 spiro atoms. The van der Waals surface area contributed by atoms with Gasteiger partial charge in [0.1, 0.15) is 18.2 Å². The van der Waals surface area contributed by atoms with Gasteiger partial charge in [0.25, 0.3) is 0 Å². The molecule has 0 fully saturated rings. The number of nitrogens with zero attached hydrogens (tertiary/aromatic N) is 2. The Hall–Kier alpha value is -2.10. The van der Waals surface area contributed by atoms with Crippen molar-refractivity contribution in [2.24, 2.45) is 0 Å². The molecule has 2 rings (SSSR count). The van der Waals surface area contributed by atoms with Crippen LogP contribution in [-0.4, -0.2) is 9.97 Å². The number of anilines is 1. The first-order valence-electron chi connectivity index (χ1n) is 6.00. The van der Waals surface area contributed by atoms with Crippen LogP contribution >= 0.6 is 0 Å². The van der Waals surface area contributed by atoms with E-state index in [1.54, 1.807) is 0 Å². The molecule has 2 N–H and O–H groups in total. The van der Waals surface area contributed by atoms with E-state index in [0.29, 0.717) is 24.1 Å². The quantitative estimate of drug-likeness (QED) is 0.896. The van der Waals surface area contributed by atoms with E-state index in [4.69, 9.17) is 10.5 Å². The van der Waals surface area contributed by atoms with Gasteiger partial charge in [0.15, 0.2) is 0 Å². The van der Waals surface area contributed by atoms with Crippen molar-refractivity contribution in [1.82, 2.24) is 9.97 Å². The Morgan fingerprint density at radius 3 is 2.56 bits per heavy atom. The summed E-state index contributed by atoms with van der Waals surface area (Å²) < 4.78 is 5.72. The molecule has 1 aromatic carbocycles. The summed E-state index contributed by atoms with van der Waals surface area (Å²) in [5.74, 6) is 1.77. The van der Waals surface area contributed by atoms with E-state index in [2.05, 4.69) is 9.97 Å². The maximum Gasteiger partial charge on any atom is 0.222 e. The average Bonchev–Trinajstić information content (AvgIpc) is 2.41. The van der Waals surface area contributed by atoms with E-state index >= 15 is 0 Å². The molecule has 0 bridgehead atoms. The van der Waals surface area contributed by atoms with Crippen LogP contribution in [0, 0.1) is 6.92 Å². The smallest absolute Gasteiger partial charge is 0.222 e. The van der Waals surface area contributed by atoms with Crippen molar-refractivity contribution in [1.29, 1.82) is 0 Å². The van der Waals surface area contributed by atoms with Gasteiger partial charge in [-0.3, -0.25) is 0 Å². The van der Waals surface area contributed by atoms with Crippen LogP contribution in [0.15, 0.2) is 30.3 Å². The number of hydrogen-bond acceptors (Lipinski definition) is 4. The molecular formula is C14H17N3O. The molecule has 0 radical (unpaired) electrons. The zero-order chi connectivity index (χ0) is 13.0. The highest BCUT2D eigenvalue weighted by molar-refractivity contribution is 5.44. The molecule has 0 saturated heterocycles. The minimum absolute atomic E-state index is 0.487. The molecule has 2 aromatic rings. The molecule has 0 amide bonds. The summed E-state index contributed by atoms with van der Waals surface area (Å²) in [6.45, 7) is 4.35. The lowest BCUT2D eigenvalue weighted by Gasteiger charge is -2.10. The first kappa shape index (κ1) is 12.4. The molecule has 0 saturated carbocycles. The zero-order valence-electron chi connectivity index (χ0n) is 10.7. The van der Waals surface area contributed by atoms with E-state index < -0.39 is 0 Å². The number of benzene rings is 1. The van der Waals surface area contributed by atoms with Crippen LogP contribution in [0.25, 0.3) is 0 Å². The molecule has 0 atom stereocenters. The summed E-state index contributed by atoms with van der Waals surface area (Å²) in [4.78, 5) is 8.55. The van der Waals surface area contributed by atoms with E-state index in [-0.39, 0.29) is 0 Å². The average molecular weight is 243 g/mol. The SMILES string of the molecule is CCc1nc(N)c(C)c(OCc2ccccc2)n1. The van der Waals surface area contributed by atoms with E-state index in [1.807, 2.05) is 44.2 Å². The molecule has 4 heteroatoms. The van der Waals surface area contributed by atoms with Crippen LogP contribution in [-0.2, 0) is 13.0 Å². The van der Waals surface area contributed by atoms with E-state index in [9.17, 15) is 0 Å². The van der Waals surface area contributed by atoms with Gasteiger partial charge >= 0.3 is 0 Å². The summed E-state index contributed by atoms with van der Waals surface area (Å²) in [5.41, 5.74) is 7.73. The van der Waals surface area contributed by atoms with Gasteiger partial charge in [-0.25, -0.2) is 4.98 Å². The number of aryl methyl sites for hydroxylation is 1. The first-order valence-corrected chi connectivity index (χ1v) is 6.00. The Kier molecular flexibility index (Phi) is 3.77. The minimum atomic E-state index is 0.487. The van der Waals surface area contributed by atoms with Crippen LogP contribution in [0.3, 0.4) is 0 Å². The monoisotopic (exact) mass is 243 g/mol. The lowest BCUT2D eigenvalue weighted by molar-refractivity contribution is 0.290. The van der Waals surface area contributed by atoms with Crippen molar-refractivity contribution in [2.45, 2.75) is 26.9 Å².